The lowest BCUT2D eigenvalue weighted by molar-refractivity contribution is -0.345. The zero-order chi connectivity index (χ0) is 34.7. The van der Waals surface area contributed by atoms with E-state index in [4.69, 9.17) is 9.47 Å². The number of carboxylic acids is 1. The number of hydrogen-bond acceptors (Lipinski definition) is 10. The average molecular weight is 667 g/mol. The summed E-state index contributed by atoms with van der Waals surface area (Å²) >= 11 is 0. The van der Waals surface area contributed by atoms with Crippen LogP contribution in [0.1, 0.15) is 92.9 Å². The maximum Gasteiger partial charge on any atom is 0.310 e. The minimum absolute atomic E-state index is 0.0830. The van der Waals surface area contributed by atoms with Gasteiger partial charge in [0.25, 0.3) is 0 Å². The van der Waals surface area contributed by atoms with Crippen LogP contribution in [0.5, 0.6) is 0 Å². The molecule has 11 nitrogen and oxygen atoms in total. The summed E-state index contributed by atoms with van der Waals surface area (Å²) in [4.78, 5) is 13.0. The molecular weight excluding hydrogens is 608 g/mol. The molecule has 47 heavy (non-hydrogen) atoms. The van der Waals surface area contributed by atoms with Crippen molar-refractivity contribution in [3.63, 3.8) is 0 Å². The number of rotatable bonds is 5. The molecule has 0 amide bonds. The summed E-state index contributed by atoms with van der Waals surface area (Å²) in [5.41, 5.74) is -2.05. The highest BCUT2D eigenvalue weighted by Crippen LogP contribution is 2.76. The molecule has 11 heteroatoms. The van der Waals surface area contributed by atoms with Crippen molar-refractivity contribution in [2.45, 2.75) is 142 Å². The molecule has 1 saturated heterocycles. The number of aliphatic hydroxyl groups excluding tert-OH is 7. The Kier molecular flexibility index (Phi) is 8.68. The van der Waals surface area contributed by atoms with Crippen LogP contribution in [0.3, 0.4) is 0 Å². The molecule has 0 spiro atoms. The quantitative estimate of drug-likeness (QED) is 0.158. The number of carboxylic acid groups (broad SMARTS) is 1. The predicted octanol–water partition coefficient (Wildman–Crippen LogP) is 1.97. The number of aliphatic hydroxyl groups is 7. The summed E-state index contributed by atoms with van der Waals surface area (Å²) in [7, 11) is 0. The van der Waals surface area contributed by atoms with Gasteiger partial charge >= 0.3 is 5.97 Å². The lowest BCUT2D eigenvalue weighted by Gasteiger charge is -2.72. The van der Waals surface area contributed by atoms with E-state index in [1.165, 1.54) is 5.57 Å². The second kappa shape index (κ2) is 11.4. The van der Waals surface area contributed by atoms with Crippen molar-refractivity contribution in [3.05, 3.63) is 11.6 Å². The van der Waals surface area contributed by atoms with E-state index in [0.29, 0.717) is 25.7 Å². The normalized spacial score (nSPS) is 55.5. The average Bonchev–Trinajstić information content (AvgIpc) is 3.00. The van der Waals surface area contributed by atoms with Crippen LogP contribution in [0, 0.1) is 50.2 Å². The maximum absolute atomic E-state index is 13.0. The molecule has 0 aromatic heterocycles. The van der Waals surface area contributed by atoms with Crippen LogP contribution in [0.15, 0.2) is 11.6 Å². The molecule has 0 aromatic carbocycles. The molecule has 5 aliphatic carbocycles. The van der Waals surface area contributed by atoms with Gasteiger partial charge in [-0.25, -0.2) is 0 Å². The van der Waals surface area contributed by atoms with E-state index >= 15 is 0 Å². The first-order chi connectivity index (χ1) is 21.8. The van der Waals surface area contributed by atoms with Gasteiger partial charge in [-0.05, 0) is 90.8 Å². The standard InChI is InChI=1S/C36H58O11/c1-31(2)13-19-18-7-8-23-32(3)14-20(39)28(47-29-27(43)26(42)25(41)21(16-37)46-29)33(4,17-38)22(32)9-10-35(23,6)34(18,5)11-12-36(19,30(44)45)15-24(31)40/h7,19-29,37-43H,8-17H2,1-6H3,(H,44,45)/t19?,20?,21-,22?,23?,24?,25-,26+,27-,28?,29+,32?,33?,34?,35?,36?/m1/s1. The van der Waals surface area contributed by atoms with Gasteiger partial charge in [-0.3, -0.25) is 4.79 Å². The Bertz CT molecular complexity index is 1270. The molecule has 0 bridgehead atoms. The van der Waals surface area contributed by atoms with Gasteiger partial charge in [0.1, 0.15) is 24.4 Å². The van der Waals surface area contributed by atoms with Gasteiger partial charge in [0, 0.05) is 5.41 Å². The SMILES string of the molecule is CC1(C)CC2C3=CCC4C5(C)CC(O)C(O[C@@H]6O[C@H](CO)[C@@H](O)[C@H](O)[C@H]6O)C(C)(CO)C5CCC4(C)C3(C)CCC2(C(=O)O)CC1O. The number of aliphatic carboxylic acids is 1. The van der Waals surface area contributed by atoms with Gasteiger partial charge in [0.15, 0.2) is 6.29 Å². The first-order valence-corrected chi connectivity index (χ1v) is 17.6. The molecule has 8 N–H and O–H groups in total. The van der Waals surface area contributed by atoms with E-state index in [9.17, 15) is 45.6 Å². The van der Waals surface area contributed by atoms with Crippen LogP contribution in [0.4, 0.5) is 0 Å². The van der Waals surface area contributed by atoms with Crippen molar-refractivity contribution in [2.75, 3.05) is 13.2 Å². The van der Waals surface area contributed by atoms with Crippen LogP contribution in [0.25, 0.3) is 0 Å². The first-order valence-electron chi connectivity index (χ1n) is 17.6. The second-order valence-corrected chi connectivity index (χ2v) is 17.9. The van der Waals surface area contributed by atoms with E-state index < -0.39 is 83.3 Å². The lowest BCUT2D eigenvalue weighted by Crippen LogP contribution is -2.69. The molecule has 11 unspecified atom stereocenters. The molecule has 0 radical (unpaired) electrons. The highest BCUT2D eigenvalue weighted by molar-refractivity contribution is 5.77. The van der Waals surface area contributed by atoms with E-state index in [1.807, 2.05) is 20.8 Å². The third-order valence-corrected chi connectivity index (χ3v) is 15.4. The molecular formula is C36H58O11. The molecule has 1 heterocycles. The number of carbonyl (C=O) groups is 1. The van der Waals surface area contributed by atoms with Crippen molar-refractivity contribution in [1.29, 1.82) is 0 Å². The molecule has 4 saturated carbocycles. The molecule has 6 rings (SSSR count). The minimum atomic E-state index is -1.62. The molecule has 268 valence electrons. The molecule has 16 atom stereocenters. The Balaban J connectivity index is 1.34. The second-order valence-electron chi connectivity index (χ2n) is 17.9. The summed E-state index contributed by atoms with van der Waals surface area (Å²) in [5.74, 6) is -0.949. The third kappa shape index (κ3) is 4.74. The summed E-state index contributed by atoms with van der Waals surface area (Å²) in [6.07, 6.45) is -3.01. The van der Waals surface area contributed by atoms with Crippen LogP contribution >= 0.6 is 0 Å². The summed E-state index contributed by atoms with van der Waals surface area (Å²) in [6, 6.07) is 0. The van der Waals surface area contributed by atoms with E-state index in [0.717, 1.165) is 19.3 Å². The van der Waals surface area contributed by atoms with Crippen molar-refractivity contribution in [3.8, 4) is 0 Å². The Morgan fingerprint density at radius 3 is 2.19 bits per heavy atom. The first kappa shape index (κ1) is 35.7. The monoisotopic (exact) mass is 666 g/mol. The van der Waals surface area contributed by atoms with Gasteiger partial charge < -0.3 is 50.3 Å². The number of fused-ring (bicyclic) bond motifs is 7. The Labute approximate surface area is 278 Å². The van der Waals surface area contributed by atoms with Gasteiger partial charge in [-0.1, -0.05) is 53.2 Å². The van der Waals surface area contributed by atoms with E-state index in [1.54, 1.807) is 0 Å². The van der Waals surface area contributed by atoms with E-state index in [-0.39, 0.29) is 41.6 Å². The van der Waals surface area contributed by atoms with Crippen molar-refractivity contribution in [1.82, 2.24) is 0 Å². The maximum atomic E-state index is 13.0. The fourth-order valence-corrected chi connectivity index (χ4v) is 12.3. The minimum Gasteiger partial charge on any atom is -0.481 e. The molecule has 5 fully saturated rings. The van der Waals surface area contributed by atoms with Crippen molar-refractivity contribution < 1.29 is 55.1 Å². The van der Waals surface area contributed by atoms with Crippen molar-refractivity contribution >= 4 is 5.97 Å². The Morgan fingerprint density at radius 2 is 1.57 bits per heavy atom. The van der Waals surface area contributed by atoms with Gasteiger partial charge in [-0.2, -0.15) is 0 Å². The number of hydrogen-bond donors (Lipinski definition) is 8. The largest absolute Gasteiger partial charge is 0.481 e. The van der Waals surface area contributed by atoms with Crippen molar-refractivity contribution in [2.24, 2.45) is 50.2 Å². The third-order valence-electron chi connectivity index (χ3n) is 15.4. The fraction of sp³-hybridized carbons (Fsp3) is 0.917. The number of ether oxygens (including phenoxy) is 2. The smallest absolute Gasteiger partial charge is 0.310 e. The van der Waals surface area contributed by atoms with Crippen LogP contribution in [-0.4, -0.2) is 109 Å². The summed E-state index contributed by atoms with van der Waals surface area (Å²) < 4.78 is 11.9. The van der Waals surface area contributed by atoms with E-state index in [2.05, 4.69) is 26.8 Å². The van der Waals surface area contributed by atoms with Crippen LogP contribution in [0.2, 0.25) is 0 Å². The topological polar surface area (TPSA) is 197 Å². The highest BCUT2D eigenvalue weighted by atomic mass is 16.7. The molecule has 0 aromatic rings. The van der Waals surface area contributed by atoms with Gasteiger partial charge in [0.05, 0.1) is 36.9 Å². The highest BCUT2D eigenvalue weighted by Gasteiger charge is 2.71. The summed E-state index contributed by atoms with van der Waals surface area (Å²) in [5, 5.41) is 85.7. The zero-order valence-electron chi connectivity index (χ0n) is 28.8. The Hall–Kier alpha value is -1.15. The number of allylic oxidation sites excluding steroid dienone is 2. The lowest BCUT2D eigenvalue weighted by atomic mass is 9.33. The van der Waals surface area contributed by atoms with Crippen LogP contribution in [-0.2, 0) is 14.3 Å². The predicted molar refractivity (Wildman–Crippen MR) is 170 cm³/mol. The van der Waals surface area contributed by atoms with Gasteiger partial charge in [-0.15, -0.1) is 0 Å². The fourth-order valence-electron chi connectivity index (χ4n) is 12.3. The molecule has 1 aliphatic heterocycles. The Morgan fingerprint density at radius 1 is 0.894 bits per heavy atom. The zero-order valence-corrected chi connectivity index (χ0v) is 28.8. The van der Waals surface area contributed by atoms with Gasteiger partial charge in [0.2, 0.25) is 0 Å². The molecule has 6 aliphatic rings. The summed E-state index contributed by atoms with van der Waals surface area (Å²) in [6.45, 7) is 12.0. The van der Waals surface area contributed by atoms with Crippen LogP contribution < -0.4 is 0 Å².